The fourth-order valence-corrected chi connectivity index (χ4v) is 5.82. The molecule has 8 nitrogen and oxygen atoms in total. The maximum absolute atomic E-state index is 12.8. The molecule has 0 aliphatic carbocycles. The van der Waals surface area contributed by atoms with Gasteiger partial charge in [0.1, 0.15) is 9.90 Å². The summed E-state index contributed by atoms with van der Waals surface area (Å²) in [5.74, 6) is -0.884. The summed E-state index contributed by atoms with van der Waals surface area (Å²) >= 11 is 7.27. The maximum atomic E-state index is 12.8. The molecule has 2 amide bonds. The van der Waals surface area contributed by atoms with Crippen LogP contribution in [-0.2, 0) is 14.8 Å². The second-order valence-electron chi connectivity index (χ2n) is 6.56. The Labute approximate surface area is 178 Å². The number of anilines is 1. The first-order valence-corrected chi connectivity index (χ1v) is 11.6. The molecule has 1 aliphatic rings. The largest absolute Gasteiger partial charge is 0.366 e. The van der Waals surface area contributed by atoms with Crippen LogP contribution in [0.4, 0.5) is 5.00 Å². The molecular formula is C18H21ClN4O4S2. The number of hydrogen-bond donors (Lipinski definition) is 2. The van der Waals surface area contributed by atoms with Gasteiger partial charge in [-0.1, -0.05) is 23.7 Å². The Hall–Kier alpha value is -1.98. The van der Waals surface area contributed by atoms with Crippen molar-refractivity contribution in [1.29, 1.82) is 0 Å². The van der Waals surface area contributed by atoms with Crippen molar-refractivity contribution in [1.82, 2.24) is 9.21 Å². The number of benzene rings is 1. The second-order valence-corrected chi connectivity index (χ2v) is 9.79. The van der Waals surface area contributed by atoms with E-state index in [1.807, 2.05) is 4.90 Å². The number of amides is 2. The Balaban J connectivity index is 1.63. The highest BCUT2D eigenvalue weighted by Gasteiger charge is 2.33. The molecule has 29 heavy (non-hydrogen) atoms. The lowest BCUT2D eigenvalue weighted by atomic mass is 10.2. The van der Waals surface area contributed by atoms with Crippen molar-refractivity contribution < 1.29 is 18.0 Å². The van der Waals surface area contributed by atoms with Crippen LogP contribution in [0, 0.1) is 0 Å². The number of carbonyl (C=O) groups is 2. The number of carbonyl (C=O) groups excluding carboxylic acids is 2. The average Bonchev–Trinajstić information content (AvgIpc) is 3.16. The number of primary amides is 1. The van der Waals surface area contributed by atoms with E-state index < -0.39 is 22.0 Å². The Morgan fingerprint density at radius 2 is 1.83 bits per heavy atom. The number of rotatable bonds is 6. The Morgan fingerprint density at radius 3 is 2.45 bits per heavy atom. The molecule has 2 heterocycles. The molecule has 1 saturated heterocycles. The molecule has 0 saturated carbocycles. The average molecular weight is 457 g/mol. The topological polar surface area (TPSA) is 113 Å². The molecule has 3 rings (SSSR count). The van der Waals surface area contributed by atoms with Crippen LogP contribution in [0.5, 0.6) is 0 Å². The molecule has 3 N–H and O–H groups in total. The number of halogens is 1. The highest BCUT2D eigenvalue weighted by atomic mass is 35.5. The molecule has 1 atom stereocenters. The minimum Gasteiger partial charge on any atom is -0.366 e. The van der Waals surface area contributed by atoms with Gasteiger partial charge in [-0.15, -0.1) is 11.3 Å². The van der Waals surface area contributed by atoms with E-state index in [9.17, 15) is 18.0 Å². The first-order chi connectivity index (χ1) is 13.7. The van der Waals surface area contributed by atoms with Crippen molar-refractivity contribution in [2.45, 2.75) is 17.9 Å². The van der Waals surface area contributed by atoms with Crippen molar-refractivity contribution in [2.24, 2.45) is 5.73 Å². The maximum Gasteiger partial charge on any atom is 0.251 e. The van der Waals surface area contributed by atoms with Gasteiger partial charge in [-0.2, -0.15) is 4.31 Å². The summed E-state index contributed by atoms with van der Waals surface area (Å²) in [7, 11) is -3.69. The fourth-order valence-electron chi connectivity index (χ4n) is 3.11. The van der Waals surface area contributed by atoms with Gasteiger partial charge in [-0.25, -0.2) is 8.42 Å². The zero-order chi connectivity index (χ0) is 21.2. The summed E-state index contributed by atoms with van der Waals surface area (Å²) in [5, 5.41) is 5.01. The van der Waals surface area contributed by atoms with Crippen LogP contribution in [0.1, 0.15) is 17.3 Å². The molecule has 1 aromatic carbocycles. The lowest BCUT2D eigenvalue weighted by molar-refractivity contribution is -0.121. The normalized spacial score (nSPS) is 17.0. The van der Waals surface area contributed by atoms with Crippen LogP contribution in [-0.4, -0.2) is 61.7 Å². The minimum absolute atomic E-state index is 0.0811. The highest BCUT2D eigenvalue weighted by Crippen LogP contribution is 2.26. The predicted molar refractivity (Wildman–Crippen MR) is 113 cm³/mol. The third-order valence-electron chi connectivity index (χ3n) is 4.82. The third-order valence-corrected chi connectivity index (χ3v) is 8.05. The molecule has 0 bridgehead atoms. The molecule has 1 unspecified atom stereocenters. The number of thiophene rings is 1. The summed E-state index contributed by atoms with van der Waals surface area (Å²) in [5.41, 5.74) is 5.57. The first kappa shape index (κ1) is 21.7. The van der Waals surface area contributed by atoms with Crippen molar-refractivity contribution in [3.05, 3.63) is 46.3 Å². The van der Waals surface area contributed by atoms with E-state index in [-0.39, 0.29) is 34.5 Å². The number of nitrogens with two attached hydrogens (primary N) is 1. The molecule has 11 heteroatoms. The van der Waals surface area contributed by atoms with E-state index in [0.717, 1.165) is 0 Å². The minimum atomic E-state index is -3.69. The van der Waals surface area contributed by atoms with Gasteiger partial charge >= 0.3 is 0 Å². The van der Waals surface area contributed by atoms with Crippen LogP contribution in [0.2, 0.25) is 5.02 Å². The van der Waals surface area contributed by atoms with Gasteiger partial charge in [0.25, 0.3) is 5.91 Å². The van der Waals surface area contributed by atoms with Gasteiger partial charge in [-0.05, 0) is 30.5 Å². The standard InChI is InChI=1S/C18H21ClN4O4S2/c1-12(17(25)21-18-13(16(20)24)6-11-28-18)22-7-9-23(10-8-22)29(26,27)15-5-3-2-4-14(15)19/h2-6,11-12H,7-10H2,1H3,(H2,20,24)(H,21,25). The zero-order valence-electron chi connectivity index (χ0n) is 15.7. The van der Waals surface area contributed by atoms with E-state index in [2.05, 4.69) is 5.32 Å². The summed E-state index contributed by atoms with van der Waals surface area (Å²) in [6.07, 6.45) is 0. The molecule has 1 aliphatic heterocycles. The van der Waals surface area contributed by atoms with E-state index in [0.29, 0.717) is 18.1 Å². The highest BCUT2D eigenvalue weighted by molar-refractivity contribution is 7.89. The lowest BCUT2D eigenvalue weighted by Gasteiger charge is -2.36. The number of sulfonamides is 1. The fraction of sp³-hybridized carbons (Fsp3) is 0.333. The molecular weight excluding hydrogens is 436 g/mol. The first-order valence-electron chi connectivity index (χ1n) is 8.88. The molecule has 2 aromatic rings. The molecule has 156 valence electrons. The Kier molecular flexibility index (Phi) is 6.59. The SMILES string of the molecule is CC(C(=O)Nc1sccc1C(N)=O)N1CCN(S(=O)(=O)c2ccccc2Cl)CC1. The van der Waals surface area contributed by atoms with Gasteiger partial charge in [-0.3, -0.25) is 14.5 Å². The number of hydrogen-bond acceptors (Lipinski definition) is 6. The van der Waals surface area contributed by atoms with Gasteiger partial charge in [0.2, 0.25) is 15.9 Å². The molecule has 0 spiro atoms. The van der Waals surface area contributed by atoms with Gasteiger partial charge < -0.3 is 11.1 Å². The summed E-state index contributed by atoms with van der Waals surface area (Å²) in [6, 6.07) is 7.40. The summed E-state index contributed by atoms with van der Waals surface area (Å²) < 4.78 is 27.0. The second kappa shape index (κ2) is 8.80. The van der Waals surface area contributed by atoms with Crippen LogP contribution < -0.4 is 11.1 Å². The zero-order valence-corrected chi connectivity index (χ0v) is 18.1. The van der Waals surface area contributed by atoms with Crippen LogP contribution in [0.25, 0.3) is 0 Å². The number of piperazine rings is 1. The Morgan fingerprint density at radius 1 is 1.17 bits per heavy atom. The van der Waals surface area contributed by atoms with Crippen LogP contribution in [0.15, 0.2) is 40.6 Å². The number of nitrogens with one attached hydrogen (secondary N) is 1. The third kappa shape index (κ3) is 4.62. The predicted octanol–water partition coefficient (Wildman–Crippen LogP) is 1.83. The lowest BCUT2D eigenvalue weighted by Crippen LogP contribution is -2.53. The smallest absolute Gasteiger partial charge is 0.251 e. The van der Waals surface area contributed by atoms with Gasteiger partial charge in [0.05, 0.1) is 16.6 Å². The van der Waals surface area contributed by atoms with E-state index >= 15 is 0 Å². The van der Waals surface area contributed by atoms with Crippen molar-refractivity contribution >= 4 is 49.8 Å². The molecule has 1 fully saturated rings. The van der Waals surface area contributed by atoms with Crippen molar-refractivity contribution in [2.75, 3.05) is 31.5 Å². The van der Waals surface area contributed by atoms with E-state index in [4.69, 9.17) is 17.3 Å². The van der Waals surface area contributed by atoms with Crippen LogP contribution >= 0.6 is 22.9 Å². The Bertz CT molecular complexity index is 1020. The van der Waals surface area contributed by atoms with Crippen LogP contribution in [0.3, 0.4) is 0 Å². The quantitative estimate of drug-likeness (QED) is 0.688. The van der Waals surface area contributed by atoms with Gasteiger partial charge in [0, 0.05) is 26.2 Å². The monoisotopic (exact) mass is 456 g/mol. The summed E-state index contributed by atoms with van der Waals surface area (Å²) in [6.45, 7) is 3.02. The molecule has 0 radical (unpaired) electrons. The van der Waals surface area contributed by atoms with Crippen molar-refractivity contribution in [3.63, 3.8) is 0 Å². The summed E-state index contributed by atoms with van der Waals surface area (Å²) in [4.78, 5) is 26.0. The number of nitrogens with zero attached hydrogens (tertiary/aromatic N) is 2. The molecule has 1 aromatic heterocycles. The van der Waals surface area contributed by atoms with E-state index in [1.165, 1.54) is 21.7 Å². The van der Waals surface area contributed by atoms with E-state index in [1.54, 1.807) is 36.6 Å². The van der Waals surface area contributed by atoms with Gasteiger partial charge in [0.15, 0.2) is 0 Å². The van der Waals surface area contributed by atoms with Crippen molar-refractivity contribution in [3.8, 4) is 0 Å².